The molecule has 1 aliphatic rings. The van der Waals surface area contributed by atoms with Crippen molar-refractivity contribution >= 4 is 46.1 Å². The Labute approximate surface area is 262 Å². The van der Waals surface area contributed by atoms with Crippen LogP contribution < -0.4 is 10.1 Å². The lowest BCUT2D eigenvalue weighted by Gasteiger charge is -2.29. The first-order valence-electron chi connectivity index (χ1n) is 13.4. The Morgan fingerprint density at radius 2 is 1.81 bits per heavy atom. The van der Waals surface area contributed by atoms with Gasteiger partial charge in [0.25, 0.3) is 5.91 Å². The van der Waals surface area contributed by atoms with E-state index >= 15 is 0 Å². The number of imidazole rings is 1. The van der Waals surface area contributed by atoms with Crippen molar-refractivity contribution in [3.8, 4) is 17.0 Å². The molecule has 1 aliphatic heterocycles. The van der Waals surface area contributed by atoms with E-state index in [0.29, 0.717) is 27.9 Å². The number of ether oxygens (including phenoxy) is 1. The number of aryl methyl sites for hydroxylation is 1. The molecule has 5 rings (SSSR count). The molecule has 3 amide bonds. The van der Waals surface area contributed by atoms with E-state index in [1.165, 1.54) is 4.90 Å². The number of aliphatic hydroxyl groups excluding tert-OH is 2. The molecule has 3 aromatic carbocycles. The molecule has 0 radical (unpaired) electrons. The van der Waals surface area contributed by atoms with Gasteiger partial charge in [0.05, 0.1) is 17.3 Å². The number of benzene rings is 3. The topological polar surface area (TPSA) is 128 Å². The minimum atomic E-state index is -0.995. The fourth-order valence-electron chi connectivity index (χ4n) is 5.07. The van der Waals surface area contributed by atoms with Crippen LogP contribution in [0.2, 0.25) is 5.02 Å². The Morgan fingerprint density at radius 1 is 1.10 bits per heavy atom. The first-order valence-corrected chi connectivity index (χ1v) is 14.9. The number of imide groups is 1. The summed E-state index contributed by atoms with van der Waals surface area (Å²) >= 11 is 8.78. The number of nitrogens with one attached hydrogen (secondary N) is 2. The van der Waals surface area contributed by atoms with E-state index in [0.717, 1.165) is 20.4 Å². The molecule has 1 fully saturated rings. The third-order valence-corrected chi connectivity index (χ3v) is 8.27. The second kappa shape index (κ2) is 12.8. The van der Waals surface area contributed by atoms with E-state index in [9.17, 15) is 14.7 Å². The number of H-pyrrole nitrogens is 1. The summed E-state index contributed by atoms with van der Waals surface area (Å²) in [5.74, 6) is 0.242. The van der Waals surface area contributed by atoms with Crippen molar-refractivity contribution in [2.75, 3.05) is 13.2 Å². The third-order valence-electron chi connectivity index (χ3n) is 7.28. The lowest BCUT2D eigenvalue weighted by molar-refractivity contribution is -0.129. The van der Waals surface area contributed by atoms with E-state index in [1.807, 2.05) is 62.4 Å². The van der Waals surface area contributed by atoms with Gasteiger partial charge in [-0.05, 0) is 64.9 Å². The summed E-state index contributed by atoms with van der Waals surface area (Å²) in [7, 11) is 0. The van der Waals surface area contributed by atoms with Crippen LogP contribution in [0, 0.1) is 10.5 Å². The zero-order valence-corrected chi connectivity index (χ0v) is 25.8. The maximum absolute atomic E-state index is 13.9. The Kier molecular flexibility index (Phi) is 9.16. The summed E-state index contributed by atoms with van der Waals surface area (Å²) in [5, 5.41) is 21.9. The molecule has 42 heavy (non-hydrogen) atoms. The summed E-state index contributed by atoms with van der Waals surface area (Å²) < 4.78 is 6.47. The van der Waals surface area contributed by atoms with Crippen LogP contribution in [-0.2, 0) is 4.79 Å². The standard InChI is InChI=1S/C31H30ClIN4O5/c1-17(19-6-4-3-5-7-19)28(29-34-18(2)26(35-29)24-13-10-21(33)14-25(24)32)37-30(40)27(36-31(37)41)20-8-11-23(12-9-20)42-16-22(39)15-38/h3-14,17,22,27-28,38-39H,15-16H2,1-2H3,(H,34,35)(H,36,41)/t17-,22+,27+,28-/m0/s1. The van der Waals surface area contributed by atoms with Crippen molar-refractivity contribution < 1.29 is 24.5 Å². The average Bonchev–Trinajstić information content (AvgIpc) is 3.51. The third kappa shape index (κ3) is 6.17. The first-order chi connectivity index (χ1) is 20.2. The summed E-state index contributed by atoms with van der Waals surface area (Å²) in [6.07, 6.45) is -0.995. The molecule has 11 heteroatoms. The van der Waals surface area contributed by atoms with Gasteiger partial charge in [-0.25, -0.2) is 9.78 Å². The number of hydrogen-bond acceptors (Lipinski definition) is 6. The van der Waals surface area contributed by atoms with Crippen molar-refractivity contribution in [3.63, 3.8) is 0 Å². The van der Waals surface area contributed by atoms with Gasteiger partial charge in [-0.3, -0.25) is 9.69 Å². The molecular formula is C31H30ClIN4O5. The highest BCUT2D eigenvalue weighted by atomic mass is 127. The molecule has 4 atom stereocenters. The van der Waals surface area contributed by atoms with E-state index in [4.69, 9.17) is 26.4 Å². The fraction of sp³-hybridized carbons (Fsp3) is 0.258. The number of carbonyl (C=O) groups is 2. The molecule has 218 valence electrons. The fourth-order valence-corrected chi connectivity index (χ4v) is 6.02. The minimum absolute atomic E-state index is 0.0697. The lowest BCUT2D eigenvalue weighted by Crippen LogP contribution is -2.38. The van der Waals surface area contributed by atoms with Crippen molar-refractivity contribution in [2.24, 2.45) is 0 Å². The van der Waals surface area contributed by atoms with Crippen LogP contribution in [0.3, 0.4) is 0 Å². The highest BCUT2D eigenvalue weighted by Gasteiger charge is 2.46. The van der Waals surface area contributed by atoms with Gasteiger partial charge in [-0.2, -0.15) is 0 Å². The van der Waals surface area contributed by atoms with Gasteiger partial charge in [0.15, 0.2) is 0 Å². The summed E-state index contributed by atoms with van der Waals surface area (Å²) in [4.78, 5) is 37.0. The Bertz CT molecular complexity index is 1580. The van der Waals surface area contributed by atoms with E-state index < -0.39 is 36.7 Å². The Hall–Kier alpha value is -3.45. The highest BCUT2D eigenvalue weighted by Crippen LogP contribution is 2.40. The number of rotatable bonds is 10. The molecule has 0 saturated carbocycles. The Balaban J connectivity index is 1.49. The normalized spacial score (nSPS) is 17.2. The molecule has 0 spiro atoms. The second-order valence-electron chi connectivity index (χ2n) is 10.2. The van der Waals surface area contributed by atoms with Gasteiger partial charge >= 0.3 is 6.03 Å². The predicted molar refractivity (Wildman–Crippen MR) is 167 cm³/mol. The molecular weight excluding hydrogens is 671 g/mol. The molecule has 0 bridgehead atoms. The van der Waals surface area contributed by atoms with Crippen molar-refractivity contribution in [1.29, 1.82) is 0 Å². The number of aromatic amines is 1. The maximum atomic E-state index is 13.9. The molecule has 1 saturated heterocycles. The molecule has 0 unspecified atom stereocenters. The molecule has 9 nitrogen and oxygen atoms in total. The minimum Gasteiger partial charge on any atom is -0.491 e. The lowest BCUT2D eigenvalue weighted by atomic mass is 9.91. The van der Waals surface area contributed by atoms with E-state index in [2.05, 4.69) is 32.9 Å². The van der Waals surface area contributed by atoms with Gasteiger partial charge in [-0.15, -0.1) is 0 Å². The van der Waals surface area contributed by atoms with Crippen LogP contribution in [0.25, 0.3) is 11.3 Å². The smallest absolute Gasteiger partial charge is 0.325 e. The molecule has 1 aromatic heterocycles. The van der Waals surface area contributed by atoms with Gasteiger partial charge in [0.2, 0.25) is 0 Å². The van der Waals surface area contributed by atoms with Crippen LogP contribution in [0.4, 0.5) is 4.79 Å². The number of nitrogens with zero attached hydrogens (tertiary/aromatic N) is 2. The van der Waals surface area contributed by atoms with Crippen molar-refractivity contribution in [3.05, 3.63) is 104 Å². The SMILES string of the molecule is Cc1[nH]c([C@H]([C@@H](C)c2ccccc2)N2C(=O)N[C@H](c3ccc(OC[C@H](O)CO)cc3)C2=O)nc1-c1ccc(I)cc1Cl. The summed E-state index contributed by atoms with van der Waals surface area (Å²) in [6, 6.07) is 19.9. The summed E-state index contributed by atoms with van der Waals surface area (Å²) in [6.45, 7) is 3.38. The monoisotopic (exact) mass is 700 g/mol. The van der Waals surface area contributed by atoms with Crippen LogP contribution >= 0.6 is 34.2 Å². The maximum Gasteiger partial charge on any atom is 0.325 e. The van der Waals surface area contributed by atoms with E-state index in [-0.39, 0.29) is 12.5 Å². The molecule has 4 N–H and O–H groups in total. The quantitative estimate of drug-likeness (QED) is 0.128. The number of aromatic nitrogens is 2. The van der Waals surface area contributed by atoms with Crippen molar-refractivity contribution in [2.45, 2.75) is 38.0 Å². The first kappa shape index (κ1) is 30.0. The second-order valence-corrected chi connectivity index (χ2v) is 11.8. The van der Waals surface area contributed by atoms with Gasteiger partial charge in [-0.1, -0.05) is 67.1 Å². The van der Waals surface area contributed by atoms with E-state index in [1.54, 1.807) is 24.3 Å². The Morgan fingerprint density at radius 3 is 2.48 bits per heavy atom. The van der Waals surface area contributed by atoms with Crippen LogP contribution in [0.5, 0.6) is 5.75 Å². The number of carbonyl (C=O) groups excluding carboxylic acids is 2. The zero-order chi connectivity index (χ0) is 30.0. The summed E-state index contributed by atoms with van der Waals surface area (Å²) in [5.41, 5.74) is 3.71. The van der Waals surface area contributed by atoms with Crippen LogP contribution in [0.15, 0.2) is 72.8 Å². The van der Waals surface area contributed by atoms with Gasteiger partial charge in [0.1, 0.15) is 36.4 Å². The largest absolute Gasteiger partial charge is 0.491 e. The highest BCUT2D eigenvalue weighted by molar-refractivity contribution is 14.1. The van der Waals surface area contributed by atoms with Gasteiger partial charge < -0.3 is 25.3 Å². The average molecular weight is 701 g/mol. The number of halogens is 2. The molecule has 0 aliphatic carbocycles. The number of urea groups is 1. The van der Waals surface area contributed by atoms with Crippen LogP contribution in [-0.4, -0.2) is 56.3 Å². The number of amides is 3. The van der Waals surface area contributed by atoms with Crippen molar-refractivity contribution in [1.82, 2.24) is 20.2 Å². The molecule has 2 heterocycles. The van der Waals surface area contributed by atoms with Gasteiger partial charge in [0, 0.05) is 20.7 Å². The zero-order valence-electron chi connectivity index (χ0n) is 22.9. The number of hydrogen-bond donors (Lipinski definition) is 4. The predicted octanol–water partition coefficient (Wildman–Crippen LogP) is 5.51. The number of aliphatic hydroxyl groups is 2. The van der Waals surface area contributed by atoms with Crippen LogP contribution in [0.1, 0.15) is 47.6 Å². The molecule has 4 aromatic rings.